The number of fused-ring (bicyclic) bond motifs is 2. The van der Waals surface area contributed by atoms with Crippen molar-refractivity contribution in [1.82, 2.24) is 4.98 Å². The van der Waals surface area contributed by atoms with Gasteiger partial charge in [0.1, 0.15) is 5.82 Å². The van der Waals surface area contributed by atoms with Crippen LogP contribution < -0.4 is 5.32 Å². The van der Waals surface area contributed by atoms with Crippen molar-refractivity contribution < 1.29 is 0 Å². The quantitative estimate of drug-likeness (QED) is 0.796. The monoisotopic (exact) mass is 274 g/mol. The molecule has 1 aliphatic carbocycles. The van der Waals surface area contributed by atoms with Gasteiger partial charge in [-0.15, -0.1) is 0 Å². The number of pyridine rings is 1. The molecule has 2 aliphatic rings. The third-order valence-electron chi connectivity index (χ3n) is 3.62. The molecule has 2 aromatic rings. The maximum absolute atomic E-state index is 4.71. The molecule has 2 nitrogen and oxygen atoms in total. The van der Waals surface area contributed by atoms with Crippen LogP contribution >= 0.6 is 15.9 Å². The van der Waals surface area contributed by atoms with Crippen molar-refractivity contribution in [2.75, 3.05) is 5.32 Å². The summed E-state index contributed by atoms with van der Waals surface area (Å²) in [4.78, 5) is 4.71. The number of aromatic nitrogens is 1. The van der Waals surface area contributed by atoms with Gasteiger partial charge in [0.15, 0.2) is 0 Å². The summed E-state index contributed by atoms with van der Waals surface area (Å²) < 4.78 is 1.09. The molecule has 16 heavy (non-hydrogen) atoms. The largest absolute Gasteiger partial charge is 0.364 e. The molecule has 0 atom stereocenters. The van der Waals surface area contributed by atoms with E-state index in [-0.39, 0.29) is 0 Å². The standard InChI is InChI=1S/C13H11BrN2/c14-10-2-1-8-5-9-7-13(3-4-13)16-12(9)15-11(8)6-10/h1-2,5-6H,3-4,7H2,(H,15,16). The molecule has 0 amide bonds. The van der Waals surface area contributed by atoms with Crippen molar-refractivity contribution in [2.45, 2.75) is 24.8 Å². The van der Waals surface area contributed by atoms with Crippen molar-refractivity contribution >= 4 is 32.7 Å². The maximum Gasteiger partial charge on any atom is 0.130 e. The third-order valence-corrected chi connectivity index (χ3v) is 4.12. The Morgan fingerprint density at radius 1 is 1.25 bits per heavy atom. The molecule has 1 spiro atoms. The fourth-order valence-corrected chi connectivity index (χ4v) is 2.89. The maximum atomic E-state index is 4.71. The predicted molar refractivity (Wildman–Crippen MR) is 68.7 cm³/mol. The van der Waals surface area contributed by atoms with Gasteiger partial charge in [0, 0.05) is 15.4 Å². The second-order valence-corrected chi connectivity index (χ2v) is 5.83. The SMILES string of the molecule is Brc1ccc2cc3c(nc2c1)NC1(CC1)C3. The van der Waals surface area contributed by atoms with Crippen LogP contribution in [0.2, 0.25) is 0 Å². The fraction of sp³-hybridized carbons (Fsp3) is 0.308. The molecular weight excluding hydrogens is 264 g/mol. The van der Waals surface area contributed by atoms with Crippen molar-refractivity contribution in [2.24, 2.45) is 0 Å². The number of hydrogen-bond donors (Lipinski definition) is 1. The van der Waals surface area contributed by atoms with E-state index in [1.807, 2.05) is 0 Å². The molecule has 1 fully saturated rings. The van der Waals surface area contributed by atoms with E-state index in [9.17, 15) is 0 Å². The van der Waals surface area contributed by atoms with Gasteiger partial charge in [-0.3, -0.25) is 0 Å². The highest BCUT2D eigenvalue weighted by molar-refractivity contribution is 9.10. The molecular formula is C13H11BrN2. The van der Waals surface area contributed by atoms with Gasteiger partial charge in [-0.25, -0.2) is 4.98 Å². The van der Waals surface area contributed by atoms with Crippen molar-refractivity contribution in [3.63, 3.8) is 0 Å². The topological polar surface area (TPSA) is 24.9 Å². The smallest absolute Gasteiger partial charge is 0.130 e. The molecule has 0 unspecified atom stereocenters. The summed E-state index contributed by atoms with van der Waals surface area (Å²) in [5.74, 6) is 1.10. The lowest BCUT2D eigenvalue weighted by Crippen LogP contribution is -2.16. The molecule has 1 aromatic heterocycles. The first-order chi connectivity index (χ1) is 7.74. The molecule has 1 N–H and O–H groups in total. The van der Waals surface area contributed by atoms with Crippen LogP contribution in [-0.4, -0.2) is 10.5 Å². The second-order valence-electron chi connectivity index (χ2n) is 4.92. The molecule has 4 rings (SSSR count). The molecule has 80 valence electrons. The van der Waals surface area contributed by atoms with Gasteiger partial charge < -0.3 is 5.32 Å². The van der Waals surface area contributed by atoms with Crippen LogP contribution in [0.25, 0.3) is 10.9 Å². The van der Waals surface area contributed by atoms with Crippen LogP contribution in [0, 0.1) is 0 Å². The van der Waals surface area contributed by atoms with E-state index >= 15 is 0 Å². The van der Waals surface area contributed by atoms with Gasteiger partial charge in [-0.2, -0.15) is 0 Å². The zero-order chi connectivity index (χ0) is 10.8. The first kappa shape index (κ1) is 8.99. The summed E-state index contributed by atoms with van der Waals surface area (Å²) in [5.41, 5.74) is 2.83. The normalized spacial score (nSPS) is 19.8. The van der Waals surface area contributed by atoms with Gasteiger partial charge in [-0.05, 0) is 43.0 Å². The first-order valence-corrected chi connectivity index (χ1v) is 6.41. The van der Waals surface area contributed by atoms with E-state index in [4.69, 9.17) is 4.98 Å². The zero-order valence-electron chi connectivity index (χ0n) is 8.76. The number of anilines is 1. The summed E-state index contributed by atoms with van der Waals surface area (Å²) in [7, 11) is 0. The Balaban J connectivity index is 1.94. The molecule has 3 heteroatoms. The fourth-order valence-electron chi connectivity index (χ4n) is 2.54. The Labute approximate surface area is 102 Å². The number of rotatable bonds is 0. The zero-order valence-corrected chi connectivity index (χ0v) is 10.3. The lowest BCUT2D eigenvalue weighted by Gasteiger charge is -2.05. The molecule has 0 saturated heterocycles. The number of nitrogens with zero attached hydrogens (tertiary/aromatic N) is 1. The van der Waals surface area contributed by atoms with Crippen molar-refractivity contribution in [3.8, 4) is 0 Å². The average Bonchev–Trinajstić information content (AvgIpc) is 2.89. The molecule has 2 heterocycles. The Kier molecular flexibility index (Phi) is 1.56. The minimum atomic E-state index is 0.379. The highest BCUT2D eigenvalue weighted by atomic mass is 79.9. The van der Waals surface area contributed by atoms with E-state index in [1.165, 1.54) is 23.8 Å². The predicted octanol–water partition coefficient (Wildman–Crippen LogP) is 3.50. The van der Waals surface area contributed by atoms with Crippen LogP contribution in [0.3, 0.4) is 0 Å². The first-order valence-electron chi connectivity index (χ1n) is 5.62. The minimum absolute atomic E-state index is 0.379. The van der Waals surface area contributed by atoms with Gasteiger partial charge in [-0.1, -0.05) is 22.0 Å². The summed E-state index contributed by atoms with van der Waals surface area (Å²) >= 11 is 3.49. The Hall–Kier alpha value is -1.09. The van der Waals surface area contributed by atoms with E-state index in [0.717, 1.165) is 22.2 Å². The second kappa shape index (κ2) is 2.77. The highest BCUT2D eigenvalue weighted by Gasteiger charge is 2.47. The summed E-state index contributed by atoms with van der Waals surface area (Å²) in [6.07, 6.45) is 3.74. The molecule has 1 aromatic carbocycles. The van der Waals surface area contributed by atoms with Gasteiger partial charge in [0.2, 0.25) is 0 Å². The van der Waals surface area contributed by atoms with Crippen LogP contribution in [0.4, 0.5) is 5.82 Å². The minimum Gasteiger partial charge on any atom is -0.364 e. The molecule has 1 saturated carbocycles. The average molecular weight is 275 g/mol. The van der Waals surface area contributed by atoms with E-state index in [2.05, 4.69) is 45.5 Å². The lowest BCUT2D eigenvalue weighted by molar-refractivity contribution is 0.771. The highest BCUT2D eigenvalue weighted by Crippen LogP contribution is 2.47. The third kappa shape index (κ3) is 1.21. The lowest BCUT2D eigenvalue weighted by atomic mass is 10.1. The van der Waals surface area contributed by atoms with Crippen molar-refractivity contribution in [1.29, 1.82) is 0 Å². The van der Waals surface area contributed by atoms with Gasteiger partial charge in [0.25, 0.3) is 0 Å². The number of halogens is 1. The van der Waals surface area contributed by atoms with E-state index in [0.29, 0.717) is 5.54 Å². The van der Waals surface area contributed by atoms with Crippen LogP contribution in [-0.2, 0) is 6.42 Å². The van der Waals surface area contributed by atoms with Gasteiger partial charge >= 0.3 is 0 Å². The Bertz CT molecular complexity index is 602. The van der Waals surface area contributed by atoms with Crippen LogP contribution in [0.5, 0.6) is 0 Å². The number of hydrogen-bond acceptors (Lipinski definition) is 2. The van der Waals surface area contributed by atoms with Crippen molar-refractivity contribution in [3.05, 3.63) is 34.3 Å². The summed E-state index contributed by atoms with van der Waals surface area (Å²) in [6.45, 7) is 0. The summed E-state index contributed by atoms with van der Waals surface area (Å²) in [6, 6.07) is 8.57. The van der Waals surface area contributed by atoms with Gasteiger partial charge in [0.05, 0.1) is 5.52 Å². The molecule has 1 aliphatic heterocycles. The van der Waals surface area contributed by atoms with Crippen LogP contribution in [0.15, 0.2) is 28.7 Å². The Morgan fingerprint density at radius 3 is 2.94 bits per heavy atom. The van der Waals surface area contributed by atoms with E-state index in [1.54, 1.807) is 0 Å². The van der Waals surface area contributed by atoms with Crippen LogP contribution in [0.1, 0.15) is 18.4 Å². The Morgan fingerprint density at radius 2 is 2.12 bits per heavy atom. The summed E-state index contributed by atoms with van der Waals surface area (Å²) in [5, 5.41) is 4.81. The molecule has 0 bridgehead atoms. The van der Waals surface area contributed by atoms with E-state index < -0.39 is 0 Å². The number of benzene rings is 1. The number of nitrogens with one attached hydrogen (secondary N) is 1. The molecule has 0 radical (unpaired) electrons.